The van der Waals surface area contributed by atoms with Gasteiger partial charge in [-0.05, 0) is 59.7 Å². The lowest BCUT2D eigenvalue weighted by Gasteiger charge is -2.22. The lowest BCUT2D eigenvalue weighted by atomic mass is 10.3. The number of benzene rings is 1. The summed E-state index contributed by atoms with van der Waals surface area (Å²) in [4.78, 5) is 2.70. The summed E-state index contributed by atoms with van der Waals surface area (Å²) in [6, 6.07) is 9.25. The van der Waals surface area contributed by atoms with Gasteiger partial charge >= 0.3 is 0 Å². The van der Waals surface area contributed by atoms with E-state index in [1.165, 1.54) is 44.5 Å². The summed E-state index contributed by atoms with van der Waals surface area (Å²) in [6.45, 7) is 3.57. The highest BCUT2D eigenvalue weighted by Gasteiger charge is 2.33. The van der Waals surface area contributed by atoms with Gasteiger partial charge in [-0.3, -0.25) is 4.90 Å². The average Bonchev–Trinajstić information content (AvgIpc) is 3.24. The number of nitrogens with zero attached hydrogens (tertiary/aromatic N) is 1. The second-order valence-corrected chi connectivity index (χ2v) is 6.43. The molecule has 18 heavy (non-hydrogen) atoms. The highest BCUT2D eigenvalue weighted by atomic mass is 79.9. The van der Waals surface area contributed by atoms with E-state index in [0.717, 1.165) is 23.0 Å². The molecule has 2 nitrogen and oxygen atoms in total. The van der Waals surface area contributed by atoms with Gasteiger partial charge in [0.25, 0.3) is 0 Å². The predicted octanol–water partition coefficient (Wildman–Crippen LogP) is 3.74. The molecule has 0 saturated heterocycles. The number of halogens is 1. The van der Waals surface area contributed by atoms with E-state index in [9.17, 15) is 0 Å². The summed E-state index contributed by atoms with van der Waals surface area (Å²) in [5, 5.41) is 3.53. The summed E-state index contributed by atoms with van der Waals surface area (Å²) in [6.07, 6.45) is 5.76. The highest BCUT2D eigenvalue weighted by molar-refractivity contribution is 9.10. The van der Waals surface area contributed by atoms with E-state index < -0.39 is 0 Å². The quantitative estimate of drug-likeness (QED) is 0.825. The maximum atomic E-state index is 3.58. The Bertz CT molecular complexity index is 399. The van der Waals surface area contributed by atoms with Crippen LogP contribution in [-0.4, -0.2) is 30.6 Å². The monoisotopic (exact) mass is 308 g/mol. The molecule has 0 aliphatic heterocycles. The van der Waals surface area contributed by atoms with Crippen molar-refractivity contribution in [3.63, 3.8) is 0 Å². The molecule has 2 aliphatic carbocycles. The molecule has 0 bridgehead atoms. The minimum absolute atomic E-state index is 0.895. The molecule has 0 unspecified atom stereocenters. The molecule has 0 aromatic heterocycles. The lowest BCUT2D eigenvalue weighted by Crippen LogP contribution is -2.33. The van der Waals surface area contributed by atoms with Crippen LogP contribution in [-0.2, 0) is 0 Å². The molecule has 0 spiro atoms. The van der Waals surface area contributed by atoms with Crippen molar-refractivity contribution >= 4 is 21.6 Å². The van der Waals surface area contributed by atoms with Crippen LogP contribution in [0, 0.1) is 5.92 Å². The van der Waals surface area contributed by atoms with Crippen molar-refractivity contribution in [3.8, 4) is 0 Å². The third kappa shape index (κ3) is 3.48. The van der Waals surface area contributed by atoms with Gasteiger partial charge in [0, 0.05) is 35.8 Å². The van der Waals surface area contributed by atoms with Crippen LogP contribution in [0.1, 0.15) is 25.7 Å². The molecule has 3 rings (SSSR count). The van der Waals surface area contributed by atoms with Crippen molar-refractivity contribution in [1.29, 1.82) is 0 Å². The summed E-state index contributed by atoms with van der Waals surface area (Å²) in [7, 11) is 0. The Labute approximate surface area is 118 Å². The molecule has 3 heteroatoms. The van der Waals surface area contributed by atoms with Crippen LogP contribution in [0.15, 0.2) is 28.7 Å². The molecule has 98 valence electrons. The van der Waals surface area contributed by atoms with Gasteiger partial charge in [-0.2, -0.15) is 0 Å². The van der Waals surface area contributed by atoms with E-state index in [2.05, 4.69) is 50.4 Å². The maximum absolute atomic E-state index is 3.58. The Morgan fingerprint density at radius 1 is 1.17 bits per heavy atom. The Hall–Kier alpha value is -0.540. The summed E-state index contributed by atoms with van der Waals surface area (Å²) in [5.74, 6) is 1.01. The maximum Gasteiger partial charge on any atom is 0.0485 e. The second kappa shape index (κ2) is 5.62. The Kier molecular flexibility index (Phi) is 3.90. The minimum Gasteiger partial charge on any atom is -0.383 e. The number of para-hydroxylation sites is 1. The fourth-order valence-corrected chi connectivity index (χ4v) is 2.86. The second-order valence-electron chi connectivity index (χ2n) is 5.58. The van der Waals surface area contributed by atoms with Crippen molar-refractivity contribution in [3.05, 3.63) is 28.7 Å². The molecular formula is C15H21BrN2. The topological polar surface area (TPSA) is 15.3 Å². The zero-order valence-corrected chi connectivity index (χ0v) is 12.3. The molecular weight excluding hydrogens is 288 g/mol. The van der Waals surface area contributed by atoms with Gasteiger partial charge in [0.05, 0.1) is 0 Å². The zero-order valence-electron chi connectivity index (χ0n) is 10.7. The normalized spacial score (nSPS) is 19.2. The highest BCUT2D eigenvalue weighted by Crippen LogP contribution is 2.34. The van der Waals surface area contributed by atoms with Gasteiger partial charge in [0.15, 0.2) is 0 Å². The molecule has 2 aliphatic rings. The molecule has 0 atom stereocenters. The van der Waals surface area contributed by atoms with Crippen LogP contribution < -0.4 is 5.32 Å². The largest absolute Gasteiger partial charge is 0.383 e. The van der Waals surface area contributed by atoms with Crippen LogP contribution in [0.4, 0.5) is 5.69 Å². The van der Waals surface area contributed by atoms with Gasteiger partial charge < -0.3 is 5.32 Å². The molecule has 2 fully saturated rings. The average molecular weight is 309 g/mol. The Morgan fingerprint density at radius 3 is 2.61 bits per heavy atom. The van der Waals surface area contributed by atoms with Crippen molar-refractivity contribution in [1.82, 2.24) is 4.90 Å². The van der Waals surface area contributed by atoms with Crippen molar-refractivity contribution in [2.45, 2.75) is 31.7 Å². The summed E-state index contributed by atoms with van der Waals surface area (Å²) < 4.78 is 1.16. The third-order valence-electron chi connectivity index (χ3n) is 3.84. The molecule has 1 aromatic carbocycles. The van der Waals surface area contributed by atoms with Gasteiger partial charge in [0.1, 0.15) is 0 Å². The third-order valence-corrected chi connectivity index (χ3v) is 4.53. The molecule has 1 aromatic rings. The first-order chi connectivity index (χ1) is 8.83. The van der Waals surface area contributed by atoms with Crippen LogP contribution in [0.5, 0.6) is 0 Å². The number of rotatable bonds is 7. The molecule has 1 N–H and O–H groups in total. The van der Waals surface area contributed by atoms with E-state index in [1.54, 1.807) is 0 Å². The smallest absolute Gasteiger partial charge is 0.0485 e. The van der Waals surface area contributed by atoms with E-state index in [1.807, 2.05) is 0 Å². The standard InChI is InChI=1S/C15H21BrN2/c16-14-3-1-2-4-15(14)17-9-10-18(13-7-8-13)11-12-5-6-12/h1-4,12-13,17H,5-11H2. The first-order valence-corrected chi connectivity index (χ1v) is 7.84. The van der Waals surface area contributed by atoms with E-state index in [-0.39, 0.29) is 0 Å². The predicted molar refractivity (Wildman–Crippen MR) is 80.0 cm³/mol. The van der Waals surface area contributed by atoms with Crippen molar-refractivity contribution in [2.75, 3.05) is 25.0 Å². The van der Waals surface area contributed by atoms with Crippen molar-refractivity contribution < 1.29 is 0 Å². The van der Waals surface area contributed by atoms with E-state index in [4.69, 9.17) is 0 Å². The molecule has 0 amide bonds. The molecule has 0 heterocycles. The Morgan fingerprint density at radius 2 is 1.94 bits per heavy atom. The molecule has 2 saturated carbocycles. The number of nitrogens with one attached hydrogen (secondary N) is 1. The first kappa shape index (κ1) is 12.5. The van der Waals surface area contributed by atoms with Crippen LogP contribution >= 0.6 is 15.9 Å². The number of hydrogen-bond donors (Lipinski definition) is 1. The number of hydrogen-bond acceptors (Lipinski definition) is 2. The molecule has 0 radical (unpaired) electrons. The van der Waals surface area contributed by atoms with Gasteiger partial charge in [-0.15, -0.1) is 0 Å². The van der Waals surface area contributed by atoms with Crippen LogP contribution in [0.2, 0.25) is 0 Å². The van der Waals surface area contributed by atoms with Crippen LogP contribution in [0.3, 0.4) is 0 Å². The number of anilines is 1. The SMILES string of the molecule is Brc1ccccc1NCCN(CC1CC1)C1CC1. The first-order valence-electron chi connectivity index (χ1n) is 7.05. The zero-order chi connectivity index (χ0) is 12.4. The van der Waals surface area contributed by atoms with Gasteiger partial charge in [-0.25, -0.2) is 0 Å². The summed E-state index contributed by atoms with van der Waals surface area (Å²) >= 11 is 3.58. The fraction of sp³-hybridized carbons (Fsp3) is 0.600. The van der Waals surface area contributed by atoms with Crippen LogP contribution in [0.25, 0.3) is 0 Å². The van der Waals surface area contributed by atoms with E-state index >= 15 is 0 Å². The van der Waals surface area contributed by atoms with Crippen molar-refractivity contribution in [2.24, 2.45) is 5.92 Å². The van der Waals surface area contributed by atoms with Gasteiger partial charge in [-0.1, -0.05) is 12.1 Å². The summed E-state index contributed by atoms with van der Waals surface area (Å²) in [5.41, 5.74) is 1.21. The van der Waals surface area contributed by atoms with Gasteiger partial charge in [0.2, 0.25) is 0 Å². The minimum atomic E-state index is 0.895. The van der Waals surface area contributed by atoms with E-state index in [0.29, 0.717) is 0 Å². The lowest BCUT2D eigenvalue weighted by molar-refractivity contribution is 0.262. The fourth-order valence-electron chi connectivity index (χ4n) is 2.43. The Balaban J connectivity index is 1.46.